The topological polar surface area (TPSA) is 88.8 Å². The maximum atomic E-state index is 12.3. The molecule has 1 aliphatic rings. The van der Waals surface area contributed by atoms with Crippen LogP contribution in [0.3, 0.4) is 0 Å². The van der Waals surface area contributed by atoms with Crippen LogP contribution < -0.4 is 0 Å². The number of ether oxygens (including phenoxy) is 1. The number of nitrogens with zero attached hydrogens (tertiary/aromatic N) is 4. The maximum absolute atomic E-state index is 12.3. The molecule has 10 heteroatoms. The van der Waals surface area contributed by atoms with Crippen LogP contribution in [-0.4, -0.2) is 76.6 Å². The SMILES string of the molecule is COC(=O)CSCCC(=O)N1CCN(Cc2nc(-c3cccs3)no2)CC1. The number of piperazine rings is 1. The van der Waals surface area contributed by atoms with E-state index in [0.29, 0.717) is 43.5 Å². The lowest BCUT2D eigenvalue weighted by Gasteiger charge is -2.34. The van der Waals surface area contributed by atoms with Crippen molar-refractivity contribution in [2.24, 2.45) is 0 Å². The number of aromatic nitrogens is 2. The Morgan fingerprint density at radius 2 is 2.15 bits per heavy atom. The second kappa shape index (κ2) is 9.86. The van der Waals surface area contributed by atoms with Gasteiger partial charge in [0.2, 0.25) is 17.6 Å². The van der Waals surface area contributed by atoms with Gasteiger partial charge in [0.25, 0.3) is 0 Å². The first kappa shape index (κ1) is 19.8. The van der Waals surface area contributed by atoms with E-state index < -0.39 is 0 Å². The van der Waals surface area contributed by atoms with Crippen molar-refractivity contribution in [3.8, 4) is 10.7 Å². The second-order valence-electron chi connectivity index (χ2n) is 6.02. The molecular formula is C17H22N4O4S2. The highest BCUT2D eigenvalue weighted by atomic mass is 32.2. The zero-order chi connectivity index (χ0) is 19.1. The number of esters is 1. The van der Waals surface area contributed by atoms with Gasteiger partial charge in [0.1, 0.15) is 0 Å². The minimum absolute atomic E-state index is 0.129. The number of hydrogen-bond donors (Lipinski definition) is 0. The molecule has 0 saturated carbocycles. The highest BCUT2D eigenvalue weighted by Crippen LogP contribution is 2.21. The minimum atomic E-state index is -0.260. The Hall–Kier alpha value is -1.91. The third-order valence-electron chi connectivity index (χ3n) is 4.20. The van der Waals surface area contributed by atoms with Crippen LogP contribution in [-0.2, 0) is 20.9 Å². The first-order valence-corrected chi connectivity index (χ1v) is 10.7. The summed E-state index contributed by atoms with van der Waals surface area (Å²) in [5.41, 5.74) is 0. The largest absolute Gasteiger partial charge is 0.468 e. The molecular weight excluding hydrogens is 388 g/mol. The molecule has 2 aromatic rings. The van der Waals surface area contributed by atoms with Gasteiger partial charge in [-0.1, -0.05) is 11.2 Å². The fourth-order valence-electron chi connectivity index (χ4n) is 2.70. The smallest absolute Gasteiger partial charge is 0.315 e. The van der Waals surface area contributed by atoms with E-state index in [-0.39, 0.29) is 17.6 Å². The lowest BCUT2D eigenvalue weighted by molar-refractivity contribution is -0.137. The molecule has 1 fully saturated rings. The first-order chi connectivity index (χ1) is 13.2. The molecule has 0 aromatic carbocycles. The van der Waals surface area contributed by atoms with E-state index in [1.807, 2.05) is 22.4 Å². The molecule has 1 saturated heterocycles. The van der Waals surface area contributed by atoms with E-state index in [1.54, 1.807) is 11.3 Å². The maximum Gasteiger partial charge on any atom is 0.315 e. The molecule has 0 radical (unpaired) electrons. The lowest BCUT2D eigenvalue weighted by atomic mass is 10.3. The Kier molecular flexibility index (Phi) is 7.25. The fraction of sp³-hybridized carbons (Fsp3) is 0.529. The molecule has 0 unspecified atom stereocenters. The molecule has 0 atom stereocenters. The monoisotopic (exact) mass is 410 g/mol. The van der Waals surface area contributed by atoms with Gasteiger partial charge in [-0.2, -0.15) is 4.98 Å². The molecule has 1 amide bonds. The van der Waals surface area contributed by atoms with Crippen LogP contribution in [0.2, 0.25) is 0 Å². The standard InChI is InChI=1S/C17H22N4O4S2/c1-24-16(23)12-26-10-4-15(22)21-7-5-20(6-8-21)11-14-18-17(19-25-14)13-3-2-9-27-13/h2-3,9H,4-8,10-12H2,1H3. The van der Waals surface area contributed by atoms with E-state index in [4.69, 9.17) is 4.52 Å². The van der Waals surface area contributed by atoms with Gasteiger partial charge in [0, 0.05) is 38.4 Å². The van der Waals surface area contributed by atoms with Gasteiger partial charge >= 0.3 is 5.97 Å². The molecule has 0 bridgehead atoms. The van der Waals surface area contributed by atoms with Crippen molar-refractivity contribution >= 4 is 35.0 Å². The predicted molar refractivity (Wildman–Crippen MR) is 103 cm³/mol. The van der Waals surface area contributed by atoms with Crippen LogP contribution >= 0.6 is 23.1 Å². The minimum Gasteiger partial charge on any atom is -0.468 e. The Balaban J connectivity index is 1.37. The van der Waals surface area contributed by atoms with E-state index >= 15 is 0 Å². The quantitative estimate of drug-likeness (QED) is 0.480. The fourth-order valence-corrected chi connectivity index (χ4v) is 4.10. The van der Waals surface area contributed by atoms with Crippen LogP contribution in [0.15, 0.2) is 22.0 Å². The molecule has 3 heterocycles. The Labute approximate surface area is 165 Å². The van der Waals surface area contributed by atoms with Gasteiger partial charge in [0.05, 0.1) is 24.3 Å². The van der Waals surface area contributed by atoms with E-state index in [2.05, 4.69) is 19.8 Å². The normalized spacial score (nSPS) is 15.1. The van der Waals surface area contributed by atoms with Crippen LogP contribution in [0.4, 0.5) is 0 Å². The predicted octanol–water partition coefficient (Wildman–Crippen LogP) is 1.74. The van der Waals surface area contributed by atoms with Crippen molar-refractivity contribution in [3.05, 3.63) is 23.4 Å². The van der Waals surface area contributed by atoms with Gasteiger partial charge in [-0.3, -0.25) is 14.5 Å². The molecule has 8 nitrogen and oxygen atoms in total. The van der Waals surface area contributed by atoms with Crippen LogP contribution in [0.25, 0.3) is 10.7 Å². The third kappa shape index (κ3) is 5.78. The highest BCUT2D eigenvalue weighted by molar-refractivity contribution is 7.99. The van der Waals surface area contributed by atoms with Gasteiger partial charge in [0.15, 0.2) is 0 Å². The van der Waals surface area contributed by atoms with Crippen LogP contribution in [0.5, 0.6) is 0 Å². The van der Waals surface area contributed by atoms with E-state index in [0.717, 1.165) is 18.0 Å². The number of hydrogen-bond acceptors (Lipinski definition) is 9. The number of carbonyl (C=O) groups is 2. The number of thiophene rings is 1. The molecule has 0 aliphatic carbocycles. The average molecular weight is 411 g/mol. The first-order valence-electron chi connectivity index (χ1n) is 8.67. The molecule has 3 rings (SSSR count). The summed E-state index contributed by atoms with van der Waals surface area (Å²) in [7, 11) is 1.37. The van der Waals surface area contributed by atoms with Crippen molar-refractivity contribution in [3.63, 3.8) is 0 Å². The lowest BCUT2D eigenvalue weighted by Crippen LogP contribution is -2.48. The summed E-state index contributed by atoms with van der Waals surface area (Å²) in [6, 6.07) is 3.92. The second-order valence-corrected chi connectivity index (χ2v) is 8.08. The van der Waals surface area contributed by atoms with Crippen LogP contribution in [0, 0.1) is 0 Å². The number of methoxy groups -OCH3 is 1. The number of amides is 1. The van der Waals surface area contributed by atoms with Gasteiger partial charge in [-0.05, 0) is 11.4 Å². The molecule has 27 heavy (non-hydrogen) atoms. The van der Waals surface area contributed by atoms with Crippen molar-refractivity contribution in [2.45, 2.75) is 13.0 Å². The van der Waals surface area contributed by atoms with E-state index in [1.165, 1.54) is 18.9 Å². The molecule has 2 aromatic heterocycles. The number of rotatable bonds is 8. The summed E-state index contributed by atoms with van der Waals surface area (Å²) in [5.74, 6) is 2.00. The summed E-state index contributed by atoms with van der Waals surface area (Å²) in [4.78, 5) is 32.8. The van der Waals surface area contributed by atoms with Gasteiger partial charge < -0.3 is 14.2 Å². The van der Waals surface area contributed by atoms with Gasteiger partial charge in [-0.15, -0.1) is 23.1 Å². The molecule has 0 spiro atoms. The zero-order valence-electron chi connectivity index (χ0n) is 15.1. The average Bonchev–Trinajstić information content (AvgIpc) is 3.37. The number of carbonyl (C=O) groups excluding carboxylic acids is 2. The summed E-state index contributed by atoms with van der Waals surface area (Å²) in [6.07, 6.45) is 0.440. The van der Waals surface area contributed by atoms with E-state index in [9.17, 15) is 9.59 Å². The zero-order valence-corrected chi connectivity index (χ0v) is 16.8. The molecule has 0 N–H and O–H groups in total. The summed E-state index contributed by atoms with van der Waals surface area (Å²) in [5, 5.41) is 6.01. The van der Waals surface area contributed by atoms with Crippen LogP contribution in [0.1, 0.15) is 12.3 Å². The Bertz CT molecular complexity index is 742. The Morgan fingerprint density at radius 3 is 2.85 bits per heavy atom. The van der Waals surface area contributed by atoms with Crippen molar-refractivity contribution in [2.75, 3.05) is 44.8 Å². The summed E-state index contributed by atoms with van der Waals surface area (Å²) < 4.78 is 9.92. The van der Waals surface area contributed by atoms with Gasteiger partial charge in [-0.25, -0.2) is 0 Å². The van der Waals surface area contributed by atoms with Crippen molar-refractivity contribution in [1.29, 1.82) is 0 Å². The Morgan fingerprint density at radius 1 is 1.33 bits per heavy atom. The molecule has 1 aliphatic heterocycles. The van der Waals surface area contributed by atoms with Crippen molar-refractivity contribution in [1.82, 2.24) is 19.9 Å². The third-order valence-corrected chi connectivity index (χ3v) is 6.00. The highest BCUT2D eigenvalue weighted by Gasteiger charge is 2.22. The van der Waals surface area contributed by atoms with Crippen molar-refractivity contribution < 1.29 is 18.8 Å². The molecule has 146 valence electrons. The summed E-state index contributed by atoms with van der Waals surface area (Å²) >= 11 is 3.00. The number of thioether (sulfide) groups is 1. The summed E-state index contributed by atoms with van der Waals surface area (Å²) in [6.45, 7) is 3.52.